The van der Waals surface area contributed by atoms with Crippen molar-refractivity contribution in [2.24, 2.45) is 0 Å². The quantitative estimate of drug-likeness (QED) is 0.841. The zero-order chi connectivity index (χ0) is 14.4. The molecule has 0 saturated heterocycles. The Balaban J connectivity index is 2.12. The summed E-state index contributed by atoms with van der Waals surface area (Å²) >= 11 is 0. The number of nitrogens with two attached hydrogens (primary N) is 1. The predicted molar refractivity (Wildman–Crippen MR) is 79.1 cm³/mol. The third-order valence-corrected chi connectivity index (χ3v) is 2.65. The molecule has 106 valence electrons. The van der Waals surface area contributed by atoms with E-state index in [4.69, 9.17) is 10.5 Å². The van der Waals surface area contributed by atoms with E-state index in [9.17, 15) is 0 Å². The summed E-state index contributed by atoms with van der Waals surface area (Å²) in [6, 6.07) is 8.38. The van der Waals surface area contributed by atoms with Crippen molar-refractivity contribution in [2.75, 3.05) is 17.7 Å². The van der Waals surface area contributed by atoms with E-state index in [1.807, 2.05) is 19.1 Å². The number of anilines is 3. The van der Waals surface area contributed by atoms with Crippen LogP contribution in [-0.4, -0.2) is 21.6 Å². The third kappa shape index (κ3) is 3.81. The maximum Gasteiger partial charge on any atom is 0.323 e. The molecular formula is C14H19N5O. The molecule has 0 bridgehead atoms. The Morgan fingerprint density at radius 3 is 2.50 bits per heavy atom. The van der Waals surface area contributed by atoms with Crippen molar-refractivity contribution in [1.82, 2.24) is 15.0 Å². The Morgan fingerprint density at radius 2 is 1.85 bits per heavy atom. The van der Waals surface area contributed by atoms with Crippen LogP contribution in [0.3, 0.4) is 0 Å². The van der Waals surface area contributed by atoms with Crippen molar-refractivity contribution in [3.05, 3.63) is 29.8 Å². The monoisotopic (exact) mass is 273 g/mol. The number of hydrogen-bond acceptors (Lipinski definition) is 6. The van der Waals surface area contributed by atoms with Gasteiger partial charge < -0.3 is 15.8 Å². The largest absolute Gasteiger partial charge is 0.464 e. The second-order valence-electron chi connectivity index (χ2n) is 4.30. The van der Waals surface area contributed by atoms with E-state index in [1.165, 1.54) is 5.56 Å². The molecule has 0 radical (unpaired) electrons. The van der Waals surface area contributed by atoms with Gasteiger partial charge in [0.05, 0.1) is 6.61 Å². The Labute approximate surface area is 118 Å². The van der Waals surface area contributed by atoms with Gasteiger partial charge in [0.15, 0.2) is 0 Å². The van der Waals surface area contributed by atoms with E-state index in [1.54, 1.807) is 0 Å². The lowest BCUT2D eigenvalue weighted by atomic mass is 10.1. The first kappa shape index (κ1) is 14.0. The highest BCUT2D eigenvalue weighted by molar-refractivity contribution is 5.54. The molecule has 0 aliphatic carbocycles. The van der Waals surface area contributed by atoms with Crippen molar-refractivity contribution in [3.8, 4) is 6.01 Å². The summed E-state index contributed by atoms with van der Waals surface area (Å²) in [6.07, 6.45) is 2.21. The maximum absolute atomic E-state index is 5.62. The molecular weight excluding hydrogens is 254 g/mol. The number of hydrogen-bond donors (Lipinski definition) is 2. The molecule has 0 aliphatic heterocycles. The summed E-state index contributed by atoms with van der Waals surface area (Å²) in [6.45, 7) is 4.50. The third-order valence-electron chi connectivity index (χ3n) is 2.65. The van der Waals surface area contributed by atoms with Gasteiger partial charge in [-0.3, -0.25) is 0 Å². The molecule has 0 spiro atoms. The van der Waals surface area contributed by atoms with Gasteiger partial charge in [-0.2, -0.15) is 15.0 Å². The number of aromatic nitrogens is 3. The van der Waals surface area contributed by atoms with Gasteiger partial charge >= 0.3 is 6.01 Å². The summed E-state index contributed by atoms with van der Waals surface area (Å²) in [5, 5.41) is 3.09. The van der Waals surface area contributed by atoms with Gasteiger partial charge in [-0.25, -0.2) is 0 Å². The summed E-state index contributed by atoms with van der Waals surface area (Å²) in [5.74, 6) is 0.512. The highest BCUT2D eigenvalue weighted by Gasteiger charge is 2.05. The Bertz CT molecular complexity index is 556. The highest BCUT2D eigenvalue weighted by atomic mass is 16.5. The molecule has 6 heteroatoms. The van der Waals surface area contributed by atoms with Crippen molar-refractivity contribution in [3.63, 3.8) is 0 Å². The average molecular weight is 273 g/mol. The number of aryl methyl sites for hydroxylation is 1. The van der Waals surface area contributed by atoms with Crippen LogP contribution in [0, 0.1) is 0 Å². The standard InChI is InChI=1S/C14H19N5O/c1-3-5-10-6-8-11(9-7-10)16-13-17-12(15)18-14(19-13)20-4-2/h6-9H,3-5H2,1-2H3,(H3,15,16,17,18,19). The van der Waals surface area contributed by atoms with Gasteiger partial charge in [-0.05, 0) is 31.0 Å². The van der Waals surface area contributed by atoms with Crippen LogP contribution in [0.1, 0.15) is 25.8 Å². The minimum atomic E-state index is 0.133. The number of benzene rings is 1. The first-order valence-corrected chi connectivity index (χ1v) is 6.71. The average Bonchev–Trinajstić information content (AvgIpc) is 2.41. The first-order valence-electron chi connectivity index (χ1n) is 6.71. The zero-order valence-corrected chi connectivity index (χ0v) is 11.8. The number of nitrogens with one attached hydrogen (secondary N) is 1. The lowest BCUT2D eigenvalue weighted by molar-refractivity contribution is 0.312. The van der Waals surface area contributed by atoms with Gasteiger partial charge in [-0.1, -0.05) is 25.5 Å². The number of ether oxygens (including phenoxy) is 1. The number of rotatable bonds is 6. The fourth-order valence-electron chi connectivity index (χ4n) is 1.79. The van der Waals surface area contributed by atoms with Gasteiger partial charge in [0.2, 0.25) is 11.9 Å². The van der Waals surface area contributed by atoms with Crippen molar-refractivity contribution < 1.29 is 4.74 Å². The minimum Gasteiger partial charge on any atom is -0.464 e. The Kier molecular flexibility index (Phi) is 4.70. The molecule has 3 N–H and O–H groups in total. The van der Waals surface area contributed by atoms with Crippen LogP contribution in [0.2, 0.25) is 0 Å². The van der Waals surface area contributed by atoms with Crippen LogP contribution >= 0.6 is 0 Å². The summed E-state index contributed by atoms with van der Waals surface area (Å²) in [5.41, 5.74) is 7.83. The molecule has 1 aromatic heterocycles. The van der Waals surface area contributed by atoms with Gasteiger partial charge in [-0.15, -0.1) is 0 Å². The van der Waals surface area contributed by atoms with Crippen molar-refractivity contribution in [1.29, 1.82) is 0 Å². The molecule has 1 heterocycles. The van der Waals surface area contributed by atoms with Crippen molar-refractivity contribution >= 4 is 17.6 Å². The van der Waals surface area contributed by atoms with E-state index in [0.717, 1.165) is 18.5 Å². The first-order chi connectivity index (χ1) is 9.71. The van der Waals surface area contributed by atoms with E-state index in [0.29, 0.717) is 12.6 Å². The highest BCUT2D eigenvalue weighted by Crippen LogP contribution is 2.17. The summed E-state index contributed by atoms with van der Waals surface area (Å²) in [4.78, 5) is 12.1. The predicted octanol–water partition coefficient (Wildman–Crippen LogP) is 2.55. The van der Waals surface area contributed by atoms with E-state index < -0.39 is 0 Å². The molecule has 0 aliphatic rings. The minimum absolute atomic E-state index is 0.133. The fraction of sp³-hybridized carbons (Fsp3) is 0.357. The molecule has 6 nitrogen and oxygen atoms in total. The van der Waals surface area contributed by atoms with Gasteiger partial charge in [0, 0.05) is 5.69 Å². The zero-order valence-electron chi connectivity index (χ0n) is 11.8. The molecule has 2 rings (SSSR count). The van der Waals surface area contributed by atoms with Gasteiger partial charge in [0.25, 0.3) is 0 Å². The van der Waals surface area contributed by atoms with E-state index in [2.05, 4.69) is 39.3 Å². The number of nitrogens with zero attached hydrogens (tertiary/aromatic N) is 3. The lowest BCUT2D eigenvalue weighted by Gasteiger charge is -2.08. The lowest BCUT2D eigenvalue weighted by Crippen LogP contribution is -2.06. The van der Waals surface area contributed by atoms with Crippen LogP contribution in [0.4, 0.5) is 17.6 Å². The molecule has 0 unspecified atom stereocenters. The maximum atomic E-state index is 5.62. The summed E-state index contributed by atoms with van der Waals surface area (Å²) in [7, 11) is 0. The van der Waals surface area contributed by atoms with E-state index in [-0.39, 0.29) is 12.0 Å². The number of nitrogen functional groups attached to an aromatic ring is 1. The molecule has 0 saturated carbocycles. The fourth-order valence-corrected chi connectivity index (χ4v) is 1.79. The van der Waals surface area contributed by atoms with Crippen LogP contribution in [0.25, 0.3) is 0 Å². The normalized spacial score (nSPS) is 10.3. The van der Waals surface area contributed by atoms with Crippen LogP contribution in [0.15, 0.2) is 24.3 Å². The van der Waals surface area contributed by atoms with Crippen LogP contribution in [-0.2, 0) is 6.42 Å². The molecule has 0 fully saturated rings. The Hall–Kier alpha value is -2.37. The second kappa shape index (κ2) is 6.70. The molecule has 0 amide bonds. The van der Waals surface area contributed by atoms with E-state index >= 15 is 0 Å². The molecule has 20 heavy (non-hydrogen) atoms. The van der Waals surface area contributed by atoms with Crippen LogP contribution in [0.5, 0.6) is 6.01 Å². The molecule has 0 atom stereocenters. The van der Waals surface area contributed by atoms with Gasteiger partial charge in [0.1, 0.15) is 0 Å². The SMILES string of the molecule is CCCc1ccc(Nc2nc(N)nc(OCC)n2)cc1. The van der Waals surface area contributed by atoms with Crippen LogP contribution < -0.4 is 15.8 Å². The second-order valence-corrected chi connectivity index (χ2v) is 4.30. The summed E-state index contributed by atoms with van der Waals surface area (Å²) < 4.78 is 5.23. The van der Waals surface area contributed by atoms with Crippen molar-refractivity contribution in [2.45, 2.75) is 26.7 Å². The topological polar surface area (TPSA) is 86.0 Å². The molecule has 1 aromatic carbocycles. The Morgan fingerprint density at radius 1 is 1.10 bits per heavy atom. The smallest absolute Gasteiger partial charge is 0.323 e. The molecule has 2 aromatic rings.